The lowest BCUT2D eigenvalue weighted by Crippen LogP contribution is -2.06. The van der Waals surface area contributed by atoms with Crippen molar-refractivity contribution >= 4 is 27.9 Å². The highest BCUT2D eigenvalue weighted by Gasteiger charge is 2.22. The zero-order chi connectivity index (χ0) is 16.8. The van der Waals surface area contributed by atoms with Crippen molar-refractivity contribution in [2.75, 3.05) is 5.73 Å². The summed E-state index contributed by atoms with van der Waals surface area (Å²) in [6.45, 7) is 6.30. The summed E-state index contributed by atoms with van der Waals surface area (Å²) in [4.78, 5) is 16.3. The molecule has 4 heterocycles. The summed E-state index contributed by atoms with van der Waals surface area (Å²) in [6, 6.07) is 4.20. The molecule has 0 aliphatic carbocycles. The zero-order valence-electron chi connectivity index (χ0n) is 13.9. The van der Waals surface area contributed by atoms with Crippen molar-refractivity contribution in [1.29, 1.82) is 0 Å². The number of hydrogen-bond donors (Lipinski definition) is 2. The number of rotatable bonds is 3. The van der Waals surface area contributed by atoms with E-state index in [1.54, 1.807) is 6.20 Å². The Hall–Kier alpha value is -2.96. The van der Waals surface area contributed by atoms with Crippen LogP contribution in [-0.2, 0) is 0 Å². The van der Waals surface area contributed by atoms with Crippen LogP contribution >= 0.6 is 0 Å². The van der Waals surface area contributed by atoms with Crippen molar-refractivity contribution in [3.63, 3.8) is 0 Å². The molecule has 1 unspecified atom stereocenters. The Bertz CT molecular complexity index is 1040. The molecule has 24 heavy (non-hydrogen) atoms. The summed E-state index contributed by atoms with van der Waals surface area (Å²) >= 11 is 0. The maximum absolute atomic E-state index is 6.16. The molecule has 0 fully saturated rings. The van der Waals surface area contributed by atoms with Gasteiger partial charge in [-0.3, -0.25) is 0 Å². The average molecular weight is 321 g/mol. The molecule has 0 amide bonds. The summed E-state index contributed by atoms with van der Waals surface area (Å²) < 4.78 is 1.93. The van der Waals surface area contributed by atoms with Crippen molar-refractivity contribution < 1.29 is 0 Å². The Morgan fingerprint density at radius 3 is 2.88 bits per heavy atom. The number of aromatic amines is 1. The first-order valence-corrected chi connectivity index (χ1v) is 8.04. The van der Waals surface area contributed by atoms with Crippen LogP contribution in [0.2, 0.25) is 0 Å². The molecule has 4 aromatic rings. The number of nitrogen functional groups attached to an aromatic ring is 1. The van der Waals surface area contributed by atoms with Gasteiger partial charge in [0.05, 0.1) is 17.1 Å². The number of aromatic nitrogens is 6. The minimum absolute atomic E-state index is 0.221. The van der Waals surface area contributed by atoms with E-state index in [9.17, 15) is 0 Å². The van der Waals surface area contributed by atoms with Crippen LogP contribution in [0.4, 0.5) is 5.82 Å². The van der Waals surface area contributed by atoms with E-state index in [-0.39, 0.29) is 6.04 Å². The van der Waals surface area contributed by atoms with E-state index in [1.807, 2.05) is 16.8 Å². The molecule has 4 rings (SSSR count). The zero-order valence-corrected chi connectivity index (χ0v) is 13.9. The van der Waals surface area contributed by atoms with Gasteiger partial charge in [0.15, 0.2) is 5.65 Å². The lowest BCUT2D eigenvalue weighted by molar-refractivity contribution is 0.491. The Kier molecular flexibility index (Phi) is 3.23. The van der Waals surface area contributed by atoms with Crippen molar-refractivity contribution in [2.45, 2.75) is 33.2 Å². The number of hydrogen-bond acceptors (Lipinski definition) is 5. The van der Waals surface area contributed by atoms with Crippen LogP contribution in [0.3, 0.4) is 0 Å². The number of nitrogens with two attached hydrogens (primary N) is 1. The lowest BCUT2D eigenvalue weighted by Gasteiger charge is -2.09. The Labute approximate surface area is 138 Å². The summed E-state index contributed by atoms with van der Waals surface area (Å²) in [7, 11) is 0. The molecule has 7 nitrogen and oxygen atoms in total. The summed E-state index contributed by atoms with van der Waals surface area (Å²) in [5, 5.41) is 6.68. The van der Waals surface area contributed by atoms with Gasteiger partial charge in [-0.2, -0.15) is 5.10 Å². The van der Waals surface area contributed by atoms with Crippen LogP contribution in [0.15, 0.2) is 24.7 Å². The highest BCUT2D eigenvalue weighted by atomic mass is 15.3. The molecule has 7 heteroatoms. The summed E-state index contributed by atoms with van der Waals surface area (Å²) in [6.07, 6.45) is 4.21. The van der Waals surface area contributed by atoms with Crippen LogP contribution in [-0.4, -0.2) is 29.7 Å². The monoisotopic (exact) mass is 321 g/mol. The van der Waals surface area contributed by atoms with E-state index in [0.717, 1.165) is 45.4 Å². The highest BCUT2D eigenvalue weighted by Crippen LogP contribution is 2.35. The Balaban J connectivity index is 2.07. The van der Waals surface area contributed by atoms with Gasteiger partial charge in [-0.1, -0.05) is 6.92 Å². The highest BCUT2D eigenvalue weighted by molar-refractivity contribution is 6.00. The van der Waals surface area contributed by atoms with E-state index >= 15 is 0 Å². The van der Waals surface area contributed by atoms with Crippen molar-refractivity contribution in [3.05, 3.63) is 30.2 Å². The third-order valence-corrected chi connectivity index (χ3v) is 4.59. The van der Waals surface area contributed by atoms with Gasteiger partial charge in [0.1, 0.15) is 23.5 Å². The van der Waals surface area contributed by atoms with Crippen LogP contribution < -0.4 is 5.73 Å². The molecule has 0 radical (unpaired) electrons. The molecule has 1 atom stereocenters. The molecule has 0 aromatic carbocycles. The van der Waals surface area contributed by atoms with E-state index in [4.69, 9.17) is 10.8 Å². The third-order valence-electron chi connectivity index (χ3n) is 4.59. The molecule has 4 aromatic heterocycles. The van der Waals surface area contributed by atoms with Crippen LogP contribution in [0.5, 0.6) is 0 Å². The van der Waals surface area contributed by atoms with Gasteiger partial charge in [-0.05, 0) is 38.0 Å². The molecule has 0 bridgehead atoms. The normalized spacial score (nSPS) is 13.0. The van der Waals surface area contributed by atoms with E-state index in [0.29, 0.717) is 5.82 Å². The fraction of sp³-hybridized carbons (Fsp3) is 0.294. The smallest absolute Gasteiger partial charge is 0.164 e. The molecule has 3 N–H and O–H groups in total. The first kappa shape index (κ1) is 14.6. The maximum Gasteiger partial charge on any atom is 0.164 e. The van der Waals surface area contributed by atoms with Crippen LogP contribution in [0.1, 0.15) is 31.9 Å². The number of anilines is 1. The topological polar surface area (TPSA) is 98.3 Å². The number of nitrogens with one attached hydrogen (secondary N) is 1. The van der Waals surface area contributed by atoms with Gasteiger partial charge in [0.2, 0.25) is 0 Å². The molecular formula is C17H19N7. The quantitative estimate of drug-likeness (QED) is 0.603. The molecule has 0 aliphatic heterocycles. The molecule has 122 valence electrons. The summed E-state index contributed by atoms with van der Waals surface area (Å²) in [5.41, 5.74) is 10.5. The van der Waals surface area contributed by atoms with E-state index in [1.165, 1.54) is 6.33 Å². The maximum atomic E-state index is 6.16. The molecule has 0 saturated carbocycles. The van der Waals surface area contributed by atoms with E-state index in [2.05, 4.69) is 40.7 Å². The number of nitrogens with zero attached hydrogens (tertiary/aromatic N) is 5. The predicted octanol–water partition coefficient (Wildman–Crippen LogP) is 3.23. The number of fused-ring (bicyclic) bond motifs is 2. The van der Waals surface area contributed by atoms with Crippen molar-refractivity contribution in [2.24, 2.45) is 0 Å². The van der Waals surface area contributed by atoms with Crippen molar-refractivity contribution in [3.8, 4) is 11.4 Å². The minimum atomic E-state index is 0.221. The average Bonchev–Trinajstić information content (AvgIpc) is 3.14. The van der Waals surface area contributed by atoms with Gasteiger partial charge in [-0.15, -0.1) is 0 Å². The number of aryl methyl sites for hydroxylation is 1. The van der Waals surface area contributed by atoms with Crippen LogP contribution in [0, 0.1) is 6.92 Å². The van der Waals surface area contributed by atoms with E-state index < -0.39 is 0 Å². The Morgan fingerprint density at radius 2 is 2.12 bits per heavy atom. The van der Waals surface area contributed by atoms with Crippen molar-refractivity contribution in [1.82, 2.24) is 29.7 Å². The lowest BCUT2D eigenvalue weighted by atomic mass is 10.1. The second kappa shape index (κ2) is 5.30. The minimum Gasteiger partial charge on any atom is -0.383 e. The Morgan fingerprint density at radius 1 is 1.29 bits per heavy atom. The molecular weight excluding hydrogens is 302 g/mol. The fourth-order valence-corrected chi connectivity index (χ4v) is 3.04. The first-order chi connectivity index (χ1) is 11.6. The van der Waals surface area contributed by atoms with Gasteiger partial charge in [-0.25, -0.2) is 19.6 Å². The number of H-pyrrole nitrogens is 1. The van der Waals surface area contributed by atoms with Gasteiger partial charge >= 0.3 is 0 Å². The molecule has 0 spiro atoms. The SMILES string of the molecule is CCC(C)n1nc(-c2[nH]c3ncccc3c2C)c2c(N)ncnc21. The second-order valence-corrected chi connectivity index (χ2v) is 6.03. The number of pyridine rings is 1. The van der Waals surface area contributed by atoms with Crippen LogP contribution in [0.25, 0.3) is 33.5 Å². The third kappa shape index (κ3) is 1.97. The molecule has 0 aliphatic rings. The first-order valence-electron chi connectivity index (χ1n) is 8.04. The summed E-state index contributed by atoms with van der Waals surface area (Å²) in [5.74, 6) is 0.440. The predicted molar refractivity (Wildman–Crippen MR) is 94.6 cm³/mol. The van der Waals surface area contributed by atoms with Gasteiger partial charge in [0.25, 0.3) is 0 Å². The fourth-order valence-electron chi connectivity index (χ4n) is 3.04. The molecule has 0 saturated heterocycles. The second-order valence-electron chi connectivity index (χ2n) is 6.03. The largest absolute Gasteiger partial charge is 0.383 e. The van der Waals surface area contributed by atoms with Gasteiger partial charge < -0.3 is 10.7 Å². The standard InChI is InChI=1S/C17H19N7/c1-4-9(2)24-17-12(15(18)20-8-21-17)14(23-24)13-10(3)11-6-5-7-19-16(11)22-13/h5-9H,4H2,1-3H3,(H,19,22)(H2,18,20,21). The van der Waals surface area contributed by atoms with Gasteiger partial charge in [0, 0.05) is 11.6 Å².